The molecule has 1 aliphatic heterocycles. The summed E-state index contributed by atoms with van der Waals surface area (Å²) in [5.41, 5.74) is 0.397. The van der Waals surface area contributed by atoms with Gasteiger partial charge in [0.25, 0.3) is 0 Å². The van der Waals surface area contributed by atoms with E-state index in [-0.39, 0.29) is 6.04 Å². The van der Waals surface area contributed by atoms with Crippen molar-refractivity contribution in [3.05, 3.63) is 21.9 Å². The van der Waals surface area contributed by atoms with Crippen molar-refractivity contribution in [3.8, 4) is 0 Å². The number of nitrogens with one attached hydrogen (secondary N) is 1. The third-order valence-electron chi connectivity index (χ3n) is 3.09. The van der Waals surface area contributed by atoms with Crippen LogP contribution in [0.1, 0.15) is 26.2 Å². The number of rotatable bonds is 3. The van der Waals surface area contributed by atoms with E-state index in [1.165, 1.54) is 10.5 Å². The second kappa shape index (κ2) is 5.95. The molecular weight excluding hydrogens is 354 g/mol. The lowest BCUT2D eigenvalue weighted by Gasteiger charge is -2.32. The van der Waals surface area contributed by atoms with Crippen molar-refractivity contribution in [1.82, 2.24) is 9.29 Å². The summed E-state index contributed by atoms with van der Waals surface area (Å²) in [6.45, 7) is 2.48. The Morgan fingerprint density at radius 1 is 1.53 bits per heavy atom. The van der Waals surface area contributed by atoms with Crippen LogP contribution in [0.2, 0.25) is 5.15 Å². The molecule has 1 aromatic heterocycles. The molecule has 1 atom stereocenters. The fraction of sp³-hybridized carbons (Fsp3) is 0.545. The smallest absolute Gasteiger partial charge is 0.269 e. The van der Waals surface area contributed by atoms with Crippen molar-refractivity contribution in [2.75, 3.05) is 11.3 Å². The average molecular weight is 369 g/mol. The highest BCUT2D eigenvalue weighted by atomic mass is 79.9. The zero-order chi connectivity index (χ0) is 14.0. The third-order valence-corrected chi connectivity index (χ3v) is 5.88. The average Bonchev–Trinajstić information content (AvgIpc) is 2.34. The topological polar surface area (TPSA) is 62.3 Å². The third kappa shape index (κ3) is 3.59. The normalized spacial score (nSPS) is 21.3. The molecule has 106 valence electrons. The van der Waals surface area contributed by atoms with Crippen LogP contribution in [0.25, 0.3) is 0 Å². The lowest BCUT2D eigenvalue weighted by Crippen LogP contribution is -2.44. The van der Waals surface area contributed by atoms with Gasteiger partial charge in [-0.1, -0.05) is 18.0 Å². The maximum absolute atomic E-state index is 12.3. The minimum Gasteiger partial charge on any atom is -0.269 e. The highest BCUT2D eigenvalue weighted by molar-refractivity contribution is 9.10. The molecule has 1 aliphatic rings. The van der Waals surface area contributed by atoms with Gasteiger partial charge in [0.2, 0.25) is 0 Å². The summed E-state index contributed by atoms with van der Waals surface area (Å²) in [6, 6.07) is 1.62. The van der Waals surface area contributed by atoms with Crippen LogP contribution in [0.4, 0.5) is 5.69 Å². The molecule has 0 spiro atoms. The summed E-state index contributed by atoms with van der Waals surface area (Å²) in [5, 5.41) is 0.300. The molecule has 0 bridgehead atoms. The summed E-state index contributed by atoms with van der Waals surface area (Å²) in [7, 11) is -3.54. The van der Waals surface area contributed by atoms with E-state index in [9.17, 15) is 8.42 Å². The Morgan fingerprint density at radius 2 is 2.26 bits per heavy atom. The van der Waals surface area contributed by atoms with E-state index >= 15 is 0 Å². The highest BCUT2D eigenvalue weighted by Gasteiger charge is 2.29. The van der Waals surface area contributed by atoms with Gasteiger partial charge in [0, 0.05) is 12.6 Å². The molecule has 1 aromatic rings. The van der Waals surface area contributed by atoms with Crippen molar-refractivity contribution in [3.63, 3.8) is 0 Å². The number of pyridine rings is 1. The molecule has 1 saturated heterocycles. The van der Waals surface area contributed by atoms with Gasteiger partial charge in [-0.15, -0.1) is 0 Å². The number of hydrogen-bond acceptors (Lipinski definition) is 3. The fourth-order valence-electron chi connectivity index (χ4n) is 2.11. The Labute approximate surface area is 126 Å². The molecule has 1 N–H and O–H groups in total. The minimum atomic E-state index is -3.54. The Bertz CT molecular complexity index is 567. The maximum Gasteiger partial charge on any atom is 0.301 e. The largest absolute Gasteiger partial charge is 0.301 e. The number of piperidine rings is 1. The first kappa shape index (κ1) is 15.0. The van der Waals surface area contributed by atoms with Crippen molar-refractivity contribution in [1.29, 1.82) is 0 Å². The molecule has 0 radical (unpaired) electrons. The van der Waals surface area contributed by atoms with Crippen LogP contribution in [-0.2, 0) is 10.2 Å². The summed E-state index contributed by atoms with van der Waals surface area (Å²) in [5.74, 6) is 0. The van der Waals surface area contributed by atoms with E-state index in [1.54, 1.807) is 6.07 Å². The molecule has 1 unspecified atom stereocenters. The van der Waals surface area contributed by atoms with Gasteiger partial charge in [-0.2, -0.15) is 12.7 Å². The van der Waals surface area contributed by atoms with E-state index in [2.05, 4.69) is 25.6 Å². The van der Waals surface area contributed by atoms with Crippen molar-refractivity contribution < 1.29 is 8.42 Å². The summed E-state index contributed by atoms with van der Waals surface area (Å²) in [4.78, 5) is 3.90. The van der Waals surface area contributed by atoms with Crippen molar-refractivity contribution in [2.45, 2.75) is 32.2 Å². The standard InChI is InChI=1S/C11H15BrClN3O2S/c1-8-4-2-3-5-16(8)19(17,18)15-9-6-10(12)11(13)14-7-9/h6-8,15H,2-5H2,1H3. The minimum absolute atomic E-state index is 0.0231. The quantitative estimate of drug-likeness (QED) is 0.834. The summed E-state index contributed by atoms with van der Waals surface area (Å²) < 4.78 is 29.2. The van der Waals surface area contributed by atoms with Gasteiger partial charge in [0.05, 0.1) is 16.4 Å². The second-order valence-electron chi connectivity index (χ2n) is 4.56. The van der Waals surface area contributed by atoms with Crippen LogP contribution >= 0.6 is 27.5 Å². The summed E-state index contributed by atoms with van der Waals surface area (Å²) in [6.07, 6.45) is 4.26. The Hall–Kier alpha value is -0.370. The SMILES string of the molecule is CC1CCCCN1S(=O)(=O)Nc1cnc(Cl)c(Br)c1. The van der Waals surface area contributed by atoms with Crippen LogP contribution in [0.15, 0.2) is 16.7 Å². The number of anilines is 1. The van der Waals surface area contributed by atoms with Crippen LogP contribution in [0.5, 0.6) is 0 Å². The van der Waals surface area contributed by atoms with Gasteiger partial charge in [0.15, 0.2) is 0 Å². The lowest BCUT2D eigenvalue weighted by molar-refractivity contribution is 0.270. The van der Waals surface area contributed by atoms with Crippen molar-refractivity contribution in [2.24, 2.45) is 0 Å². The maximum atomic E-state index is 12.3. The first-order valence-electron chi connectivity index (χ1n) is 6.01. The predicted octanol–water partition coefficient (Wildman–Crippen LogP) is 3.03. The zero-order valence-electron chi connectivity index (χ0n) is 10.4. The highest BCUT2D eigenvalue weighted by Crippen LogP contribution is 2.25. The molecule has 2 heterocycles. The summed E-state index contributed by atoms with van der Waals surface area (Å²) >= 11 is 9.00. The van der Waals surface area contributed by atoms with E-state index in [1.807, 2.05) is 6.92 Å². The van der Waals surface area contributed by atoms with Gasteiger partial charge in [-0.25, -0.2) is 4.98 Å². The molecule has 19 heavy (non-hydrogen) atoms. The molecule has 0 saturated carbocycles. The van der Waals surface area contributed by atoms with Crippen LogP contribution in [0, 0.1) is 0 Å². The fourth-order valence-corrected chi connectivity index (χ4v) is 4.04. The molecule has 5 nitrogen and oxygen atoms in total. The number of aromatic nitrogens is 1. The second-order valence-corrected chi connectivity index (χ2v) is 7.39. The number of halogens is 2. The van der Waals surface area contributed by atoms with Crippen molar-refractivity contribution >= 4 is 43.4 Å². The lowest BCUT2D eigenvalue weighted by atomic mass is 10.1. The molecule has 8 heteroatoms. The van der Waals surface area contributed by atoms with Gasteiger partial charge >= 0.3 is 10.2 Å². The van der Waals surface area contributed by atoms with Gasteiger partial charge in [-0.05, 0) is 41.8 Å². The number of nitrogens with zero attached hydrogens (tertiary/aromatic N) is 2. The Morgan fingerprint density at radius 3 is 2.89 bits per heavy atom. The monoisotopic (exact) mass is 367 g/mol. The van der Waals surface area contributed by atoms with Gasteiger partial charge < -0.3 is 0 Å². The van der Waals surface area contributed by atoms with Gasteiger partial charge in [0.1, 0.15) is 5.15 Å². The van der Waals surface area contributed by atoms with E-state index in [4.69, 9.17) is 11.6 Å². The van der Waals surface area contributed by atoms with Crippen LogP contribution in [0.3, 0.4) is 0 Å². The van der Waals surface area contributed by atoms with E-state index in [0.717, 1.165) is 19.3 Å². The first-order valence-corrected chi connectivity index (χ1v) is 8.62. The van der Waals surface area contributed by atoms with Crippen LogP contribution < -0.4 is 4.72 Å². The molecule has 0 aromatic carbocycles. The van der Waals surface area contributed by atoms with E-state index < -0.39 is 10.2 Å². The Kier molecular flexibility index (Phi) is 4.70. The van der Waals surface area contributed by atoms with E-state index in [0.29, 0.717) is 21.9 Å². The zero-order valence-corrected chi connectivity index (χ0v) is 13.6. The number of hydrogen-bond donors (Lipinski definition) is 1. The van der Waals surface area contributed by atoms with Crippen LogP contribution in [-0.4, -0.2) is 30.3 Å². The Balaban J connectivity index is 2.18. The molecular formula is C11H15BrClN3O2S. The predicted molar refractivity (Wildman–Crippen MR) is 79.5 cm³/mol. The molecule has 2 rings (SSSR count). The molecule has 0 aliphatic carbocycles. The molecule has 1 fully saturated rings. The molecule has 0 amide bonds. The first-order chi connectivity index (χ1) is 8.90. The van der Waals surface area contributed by atoms with Gasteiger partial charge in [-0.3, -0.25) is 4.72 Å².